The van der Waals surface area contributed by atoms with E-state index in [4.69, 9.17) is 4.74 Å². The molecule has 0 amide bonds. The highest BCUT2D eigenvalue weighted by atomic mass is 16.5. The van der Waals surface area contributed by atoms with Crippen molar-refractivity contribution in [2.75, 3.05) is 33.8 Å². The summed E-state index contributed by atoms with van der Waals surface area (Å²) in [5.74, 6) is 0.678. The molecule has 32 heavy (non-hydrogen) atoms. The topological polar surface area (TPSA) is 61.8 Å². The van der Waals surface area contributed by atoms with Gasteiger partial charge < -0.3 is 20.1 Å². The van der Waals surface area contributed by atoms with Crippen LogP contribution in [-0.4, -0.2) is 55.6 Å². The Morgan fingerprint density at radius 3 is 2.38 bits per heavy atom. The Balaban J connectivity index is 1.64. The highest BCUT2D eigenvalue weighted by molar-refractivity contribution is 6.03. The van der Waals surface area contributed by atoms with Crippen LogP contribution < -0.4 is 10.1 Å². The first-order valence-electron chi connectivity index (χ1n) is 11.3. The van der Waals surface area contributed by atoms with E-state index < -0.39 is 6.10 Å². The van der Waals surface area contributed by atoms with Gasteiger partial charge in [-0.3, -0.25) is 4.79 Å². The molecule has 5 heteroatoms. The smallest absolute Gasteiger partial charge is 0.167 e. The first kappa shape index (κ1) is 23.9. The number of nitrogens with one attached hydrogen (secondary N) is 1. The van der Waals surface area contributed by atoms with E-state index in [0.29, 0.717) is 30.9 Å². The average Bonchev–Trinajstić information content (AvgIpc) is 2.81. The molecule has 0 aliphatic carbocycles. The first-order valence-corrected chi connectivity index (χ1v) is 11.3. The lowest BCUT2D eigenvalue weighted by molar-refractivity contribution is 0.0968. The van der Waals surface area contributed by atoms with Crippen molar-refractivity contribution in [3.05, 3.63) is 77.9 Å². The number of ether oxygens (including phenoxy) is 1. The maximum Gasteiger partial charge on any atom is 0.167 e. The molecule has 3 rings (SSSR count). The molecular weight excluding hydrogens is 400 g/mol. The van der Waals surface area contributed by atoms with Crippen LogP contribution in [0.4, 0.5) is 0 Å². The van der Waals surface area contributed by atoms with Crippen LogP contribution in [0.15, 0.2) is 66.7 Å². The van der Waals surface area contributed by atoms with E-state index in [2.05, 4.69) is 10.2 Å². The van der Waals surface area contributed by atoms with Gasteiger partial charge in [0.05, 0.1) is 18.3 Å². The fraction of sp³-hybridized carbons (Fsp3) is 0.370. The number of ketones is 1. The van der Waals surface area contributed by atoms with Gasteiger partial charge in [-0.15, -0.1) is 0 Å². The van der Waals surface area contributed by atoms with Crippen LogP contribution >= 0.6 is 0 Å². The zero-order valence-corrected chi connectivity index (χ0v) is 19.3. The SMILES string of the molecule is CC(NCCC(=O)c1cc2ccccc2cc1OCCCN(C)C)C(O)c1ccccc1. The van der Waals surface area contributed by atoms with Crippen molar-refractivity contribution in [1.82, 2.24) is 10.2 Å². The van der Waals surface area contributed by atoms with E-state index in [1.165, 1.54) is 0 Å². The number of fused-ring (bicyclic) bond motifs is 1. The van der Waals surface area contributed by atoms with Gasteiger partial charge in [0, 0.05) is 25.6 Å². The molecule has 0 aliphatic heterocycles. The van der Waals surface area contributed by atoms with Crippen LogP contribution in [0.25, 0.3) is 10.8 Å². The third-order valence-corrected chi connectivity index (χ3v) is 5.59. The third kappa shape index (κ3) is 6.63. The van der Waals surface area contributed by atoms with E-state index in [-0.39, 0.29) is 11.8 Å². The molecule has 0 saturated carbocycles. The van der Waals surface area contributed by atoms with Gasteiger partial charge in [-0.1, -0.05) is 54.6 Å². The number of benzene rings is 3. The molecule has 0 saturated heterocycles. The van der Waals surface area contributed by atoms with Crippen molar-refractivity contribution >= 4 is 16.6 Å². The Kier molecular flexibility index (Phi) is 8.80. The maximum absolute atomic E-state index is 13.1. The summed E-state index contributed by atoms with van der Waals surface area (Å²) >= 11 is 0. The van der Waals surface area contributed by atoms with Crippen LogP contribution in [0.1, 0.15) is 41.8 Å². The lowest BCUT2D eigenvalue weighted by atomic mass is 10.0. The first-order chi connectivity index (χ1) is 15.5. The predicted molar refractivity (Wildman–Crippen MR) is 130 cm³/mol. The van der Waals surface area contributed by atoms with Gasteiger partial charge in [-0.25, -0.2) is 0 Å². The van der Waals surface area contributed by atoms with Crippen molar-refractivity contribution < 1.29 is 14.6 Å². The molecule has 2 atom stereocenters. The Morgan fingerprint density at radius 1 is 1.03 bits per heavy atom. The Bertz CT molecular complexity index is 1000. The van der Waals surface area contributed by atoms with E-state index in [1.807, 2.05) is 87.7 Å². The maximum atomic E-state index is 13.1. The van der Waals surface area contributed by atoms with Crippen LogP contribution in [0.3, 0.4) is 0 Å². The second kappa shape index (κ2) is 11.8. The highest BCUT2D eigenvalue weighted by Crippen LogP contribution is 2.27. The summed E-state index contributed by atoms with van der Waals surface area (Å²) in [7, 11) is 4.07. The molecule has 5 nitrogen and oxygen atoms in total. The zero-order chi connectivity index (χ0) is 22.9. The standard InChI is InChI=1S/C27H34N2O3/c1-20(27(31)21-10-5-4-6-11-21)28-15-14-25(30)24-18-22-12-7-8-13-23(22)19-26(24)32-17-9-16-29(2)3/h4-8,10-13,18-20,27-28,31H,9,14-17H2,1-3H3. The number of aliphatic hydroxyl groups is 1. The van der Waals surface area contributed by atoms with Gasteiger partial charge in [-0.05, 0) is 55.9 Å². The number of Topliss-reactive ketones (excluding diaryl/α,β-unsaturated/α-hetero) is 1. The Hall–Kier alpha value is -2.73. The molecule has 0 aliphatic rings. The monoisotopic (exact) mass is 434 g/mol. The van der Waals surface area contributed by atoms with E-state index in [9.17, 15) is 9.90 Å². The van der Waals surface area contributed by atoms with Crippen LogP contribution in [-0.2, 0) is 0 Å². The summed E-state index contributed by atoms with van der Waals surface area (Å²) in [5, 5.41) is 15.9. The van der Waals surface area contributed by atoms with Crippen LogP contribution in [0.5, 0.6) is 5.75 Å². The number of rotatable bonds is 12. The van der Waals surface area contributed by atoms with Crippen molar-refractivity contribution in [3.8, 4) is 5.75 Å². The summed E-state index contributed by atoms with van der Waals surface area (Å²) < 4.78 is 6.03. The van der Waals surface area contributed by atoms with Crippen molar-refractivity contribution in [2.45, 2.75) is 31.9 Å². The molecular formula is C27H34N2O3. The molecule has 2 unspecified atom stereocenters. The molecule has 0 heterocycles. The van der Waals surface area contributed by atoms with Crippen molar-refractivity contribution in [3.63, 3.8) is 0 Å². The minimum atomic E-state index is -0.623. The quantitative estimate of drug-likeness (QED) is 0.326. The summed E-state index contributed by atoms with van der Waals surface area (Å²) in [6.45, 7) is 3.91. The molecule has 170 valence electrons. The molecule has 0 fully saturated rings. The number of hydrogen-bond donors (Lipinski definition) is 2. The molecule has 0 radical (unpaired) electrons. The number of carbonyl (C=O) groups is 1. The molecule has 0 bridgehead atoms. The summed E-state index contributed by atoms with van der Waals surface area (Å²) in [6, 6.07) is 21.3. The second-order valence-electron chi connectivity index (χ2n) is 8.47. The largest absolute Gasteiger partial charge is 0.493 e. The molecule has 0 spiro atoms. The van der Waals surface area contributed by atoms with Gasteiger partial charge in [-0.2, -0.15) is 0 Å². The number of carbonyl (C=O) groups excluding carboxylic acids is 1. The summed E-state index contributed by atoms with van der Waals surface area (Å²) in [4.78, 5) is 15.2. The summed E-state index contributed by atoms with van der Waals surface area (Å²) in [5.41, 5.74) is 1.48. The minimum absolute atomic E-state index is 0.0345. The van der Waals surface area contributed by atoms with Crippen LogP contribution in [0, 0.1) is 0 Å². The number of hydrogen-bond acceptors (Lipinski definition) is 5. The van der Waals surface area contributed by atoms with Crippen molar-refractivity contribution in [1.29, 1.82) is 0 Å². The Labute approximate surface area is 191 Å². The molecule has 3 aromatic rings. The van der Waals surface area contributed by atoms with E-state index in [0.717, 1.165) is 29.3 Å². The van der Waals surface area contributed by atoms with Gasteiger partial charge >= 0.3 is 0 Å². The van der Waals surface area contributed by atoms with E-state index in [1.54, 1.807) is 0 Å². The highest BCUT2D eigenvalue weighted by Gasteiger charge is 2.18. The molecule has 2 N–H and O–H groups in total. The minimum Gasteiger partial charge on any atom is -0.493 e. The number of nitrogens with zero attached hydrogens (tertiary/aromatic N) is 1. The Morgan fingerprint density at radius 2 is 1.69 bits per heavy atom. The fourth-order valence-electron chi connectivity index (χ4n) is 3.72. The van der Waals surface area contributed by atoms with Crippen LogP contribution in [0.2, 0.25) is 0 Å². The lowest BCUT2D eigenvalue weighted by Gasteiger charge is -2.20. The van der Waals surface area contributed by atoms with Gasteiger partial charge in [0.25, 0.3) is 0 Å². The normalized spacial score (nSPS) is 13.3. The lowest BCUT2D eigenvalue weighted by Crippen LogP contribution is -2.33. The van der Waals surface area contributed by atoms with Crippen molar-refractivity contribution in [2.24, 2.45) is 0 Å². The second-order valence-corrected chi connectivity index (χ2v) is 8.47. The average molecular weight is 435 g/mol. The molecule has 3 aromatic carbocycles. The predicted octanol–water partition coefficient (Wildman–Crippen LogP) is 4.45. The summed E-state index contributed by atoms with van der Waals surface area (Å²) in [6.07, 6.45) is 0.602. The van der Waals surface area contributed by atoms with E-state index >= 15 is 0 Å². The van der Waals surface area contributed by atoms with Gasteiger partial charge in [0.15, 0.2) is 5.78 Å². The third-order valence-electron chi connectivity index (χ3n) is 5.59. The fourth-order valence-corrected chi connectivity index (χ4v) is 3.72. The molecule has 0 aromatic heterocycles. The van der Waals surface area contributed by atoms with Gasteiger partial charge in [0.1, 0.15) is 5.75 Å². The zero-order valence-electron chi connectivity index (χ0n) is 19.3. The van der Waals surface area contributed by atoms with Gasteiger partial charge in [0.2, 0.25) is 0 Å². The number of aliphatic hydroxyl groups excluding tert-OH is 1.